The van der Waals surface area contributed by atoms with E-state index < -0.39 is 52.0 Å². The Balaban J connectivity index is 1.70. The number of Topliss-reactive ketones (excluding diaryl/α,β-unsaturated/α-hetero) is 2. The molecular weight excluding hydrogens is 464 g/mol. The number of amides is 1. The van der Waals surface area contributed by atoms with Crippen LogP contribution in [0.25, 0.3) is 16.9 Å². The maximum absolute atomic E-state index is 13.5. The molecule has 2 aromatic rings. The van der Waals surface area contributed by atoms with Crippen LogP contribution < -0.4 is 5.73 Å². The number of nitrogens with zero attached hydrogens (tertiary/aromatic N) is 1. The monoisotopic (exact) mass is 482 g/mol. The Morgan fingerprint density at radius 3 is 2.50 bits per heavy atom. The van der Waals surface area contributed by atoms with Gasteiger partial charge in [-0.3, -0.25) is 14.4 Å². The van der Waals surface area contributed by atoms with Gasteiger partial charge in [0.1, 0.15) is 28.0 Å². The summed E-state index contributed by atoms with van der Waals surface area (Å²) >= 11 is 5.89. The van der Waals surface area contributed by atoms with Gasteiger partial charge in [-0.05, 0) is 48.1 Å². The van der Waals surface area contributed by atoms with Crippen molar-refractivity contribution in [1.29, 1.82) is 0 Å². The minimum Gasteiger partial charge on any atom is -0.508 e. The lowest BCUT2D eigenvalue weighted by Crippen LogP contribution is -2.58. The maximum atomic E-state index is 13.5. The summed E-state index contributed by atoms with van der Waals surface area (Å²) in [6.07, 6.45) is 1.46. The highest BCUT2D eigenvalue weighted by Crippen LogP contribution is 2.53. The van der Waals surface area contributed by atoms with Crippen molar-refractivity contribution in [3.05, 3.63) is 63.6 Å². The predicted octanol–water partition coefficient (Wildman–Crippen LogP) is 2.14. The molecule has 3 aliphatic rings. The lowest BCUT2D eigenvalue weighted by Gasteiger charge is -2.46. The van der Waals surface area contributed by atoms with Crippen LogP contribution in [0, 0.1) is 11.8 Å². The molecular formula is C24H19ClN2O7. The molecule has 1 amide bonds. The number of aromatic hydroxyl groups is 1. The van der Waals surface area contributed by atoms with Crippen molar-refractivity contribution in [1.82, 2.24) is 4.98 Å². The Labute approximate surface area is 197 Å². The number of hydrogen-bond donors (Lipinski definition) is 5. The number of aromatic nitrogens is 1. The van der Waals surface area contributed by atoms with Gasteiger partial charge in [0.05, 0.1) is 5.56 Å². The number of aliphatic hydroxyl groups excluding tert-OH is 2. The summed E-state index contributed by atoms with van der Waals surface area (Å²) in [5, 5.41) is 43.8. The zero-order chi connectivity index (χ0) is 24.5. The van der Waals surface area contributed by atoms with Crippen LogP contribution in [0.4, 0.5) is 0 Å². The first-order chi connectivity index (χ1) is 16.1. The smallest absolute Gasteiger partial charge is 0.255 e. The molecule has 1 fully saturated rings. The third-order valence-corrected chi connectivity index (χ3v) is 7.21. The molecule has 0 saturated heterocycles. The summed E-state index contributed by atoms with van der Waals surface area (Å²) < 4.78 is 0. The van der Waals surface area contributed by atoms with Crippen molar-refractivity contribution in [2.24, 2.45) is 17.6 Å². The topological polar surface area (TPSA) is 171 Å². The van der Waals surface area contributed by atoms with E-state index in [0.717, 1.165) is 0 Å². The Hall–Kier alpha value is -3.69. The van der Waals surface area contributed by atoms with Gasteiger partial charge in [-0.25, -0.2) is 4.98 Å². The van der Waals surface area contributed by atoms with Crippen LogP contribution in [-0.4, -0.2) is 48.5 Å². The third-order valence-electron chi connectivity index (χ3n) is 6.99. The summed E-state index contributed by atoms with van der Waals surface area (Å²) in [6, 6.07) is 6.36. The first kappa shape index (κ1) is 22.1. The number of fused-ring (bicyclic) bond motifs is 3. The molecule has 0 bridgehead atoms. The van der Waals surface area contributed by atoms with Crippen LogP contribution >= 0.6 is 11.6 Å². The lowest BCUT2D eigenvalue weighted by molar-refractivity contribution is -0.147. The Kier molecular flexibility index (Phi) is 4.82. The minimum absolute atomic E-state index is 0.0274. The first-order valence-corrected chi connectivity index (χ1v) is 10.9. The number of rotatable bonds is 2. The van der Waals surface area contributed by atoms with Gasteiger partial charge in [-0.15, -0.1) is 0 Å². The molecule has 34 heavy (non-hydrogen) atoms. The molecule has 1 aromatic carbocycles. The summed E-state index contributed by atoms with van der Waals surface area (Å²) in [5.41, 5.74) is 3.54. The van der Waals surface area contributed by atoms with Crippen molar-refractivity contribution >= 4 is 34.8 Å². The molecule has 0 spiro atoms. The van der Waals surface area contributed by atoms with Crippen molar-refractivity contribution < 1.29 is 34.8 Å². The van der Waals surface area contributed by atoms with Crippen LogP contribution in [0.3, 0.4) is 0 Å². The van der Waals surface area contributed by atoms with Crippen LogP contribution in [0.5, 0.6) is 5.75 Å². The van der Waals surface area contributed by atoms with Crippen molar-refractivity contribution in [2.45, 2.75) is 24.9 Å². The molecule has 1 saturated carbocycles. The second kappa shape index (κ2) is 7.41. The Morgan fingerprint density at radius 2 is 1.85 bits per heavy atom. The van der Waals surface area contributed by atoms with E-state index in [-0.39, 0.29) is 36.1 Å². The zero-order valence-electron chi connectivity index (χ0n) is 17.6. The number of halogens is 1. The van der Waals surface area contributed by atoms with Crippen molar-refractivity contribution in [2.75, 3.05) is 0 Å². The van der Waals surface area contributed by atoms with E-state index in [2.05, 4.69) is 4.98 Å². The van der Waals surface area contributed by atoms with Gasteiger partial charge < -0.3 is 26.2 Å². The number of phenolic OH excluding ortho intramolecular Hbond substituents is 1. The minimum atomic E-state index is -2.58. The highest BCUT2D eigenvalue weighted by atomic mass is 35.5. The molecule has 6 N–H and O–H groups in total. The van der Waals surface area contributed by atoms with E-state index in [1.54, 1.807) is 24.4 Å². The van der Waals surface area contributed by atoms with Crippen molar-refractivity contribution in [3.8, 4) is 16.9 Å². The molecule has 1 heterocycles. The van der Waals surface area contributed by atoms with Crippen LogP contribution in [0.15, 0.2) is 47.4 Å². The predicted molar refractivity (Wildman–Crippen MR) is 120 cm³/mol. The molecule has 1 aromatic heterocycles. The molecule has 3 aliphatic carbocycles. The van der Waals surface area contributed by atoms with Crippen LogP contribution in [-0.2, 0) is 20.8 Å². The quantitative estimate of drug-likeness (QED) is 0.320. The Bertz CT molecular complexity index is 1360. The van der Waals surface area contributed by atoms with E-state index in [1.165, 1.54) is 6.07 Å². The van der Waals surface area contributed by atoms with Gasteiger partial charge in [0, 0.05) is 29.7 Å². The number of benzene rings is 1. The number of phenols is 1. The molecule has 5 rings (SSSR count). The van der Waals surface area contributed by atoms with Gasteiger partial charge in [-0.2, -0.15) is 0 Å². The number of carbonyl (C=O) groups is 3. The highest BCUT2D eigenvalue weighted by Gasteiger charge is 2.60. The molecule has 10 heteroatoms. The fourth-order valence-corrected chi connectivity index (χ4v) is 5.54. The fourth-order valence-electron chi connectivity index (χ4n) is 5.43. The number of pyridine rings is 1. The van der Waals surface area contributed by atoms with Crippen molar-refractivity contribution in [3.63, 3.8) is 0 Å². The number of hydrogen-bond acceptors (Lipinski definition) is 8. The third kappa shape index (κ3) is 2.90. The summed E-state index contributed by atoms with van der Waals surface area (Å²) in [6.45, 7) is 0. The SMILES string of the molecule is NC(=O)C1=C(O)[C@@]2(O)C(=O)C3=C(O)c4c(O)ccc(-c5ccc(Cl)nc5)c4C[C@H]3C[C@H]2CC1=O. The summed E-state index contributed by atoms with van der Waals surface area (Å²) in [5.74, 6) is -6.57. The number of primary amides is 1. The van der Waals surface area contributed by atoms with Gasteiger partial charge in [0.15, 0.2) is 11.4 Å². The van der Waals surface area contributed by atoms with E-state index >= 15 is 0 Å². The average Bonchev–Trinajstić information content (AvgIpc) is 2.77. The standard InChI is InChI=1S/C24H19ClN2O7/c25-16-4-1-9(8-27-16)12-2-3-14(28)18-13(12)6-10-5-11-7-15(29)19(23(26)33)22(32)24(11,34)21(31)17(10)20(18)30/h1-4,8,10-11,28,30,32,34H,5-7H2,(H2,26,33)/t10-,11+,24+/m1/s1. The molecule has 174 valence electrons. The molecule has 9 nitrogen and oxygen atoms in total. The summed E-state index contributed by atoms with van der Waals surface area (Å²) in [7, 11) is 0. The Morgan fingerprint density at radius 1 is 1.12 bits per heavy atom. The first-order valence-electron chi connectivity index (χ1n) is 10.5. The molecule has 0 aliphatic heterocycles. The van der Waals surface area contributed by atoms with Gasteiger partial charge in [-0.1, -0.05) is 17.7 Å². The van der Waals surface area contributed by atoms with E-state index in [9.17, 15) is 34.8 Å². The molecule has 0 unspecified atom stereocenters. The van der Waals surface area contributed by atoms with E-state index in [4.69, 9.17) is 17.3 Å². The second-order valence-electron chi connectivity index (χ2n) is 8.76. The van der Waals surface area contributed by atoms with Gasteiger partial charge in [0.25, 0.3) is 5.91 Å². The van der Waals surface area contributed by atoms with Crippen LogP contribution in [0.1, 0.15) is 24.0 Å². The maximum Gasteiger partial charge on any atom is 0.255 e. The van der Waals surface area contributed by atoms with E-state index in [0.29, 0.717) is 21.8 Å². The summed E-state index contributed by atoms with van der Waals surface area (Å²) in [4.78, 5) is 41.7. The number of carbonyl (C=O) groups excluding carboxylic acids is 3. The fraction of sp³-hybridized carbons (Fsp3) is 0.250. The number of nitrogens with two attached hydrogens (primary N) is 1. The molecule has 0 radical (unpaired) electrons. The van der Waals surface area contributed by atoms with Crippen LogP contribution in [0.2, 0.25) is 5.15 Å². The normalized spacial score (nSPS) is 26.2. The number of ketones is 2. The van der Waals surface area contributed by atoms with Gasteiger partial charge in [0.2, 0.25) is 5.78 Å². The largest absolute Gasteiger partial charge is 0.508 e. The molecule has 3 atom stereocenters. The second-order valence-corrected chi connectivity index (χ2v) is 9.15. The van der Waals surface area contributed by atoms with E-state index in [1.807, 2.05) is 0 Å². The number of aliphatic hydroxyl groups is 3. The van der Waals surface area contributed by atoms with Gasteiger partial charge >= 0.3 is 0 Å². The zero-order valence-corrected chi connectivity index (χ0v) is 18.3. The lowest BCUT2D eigenvalue weighted by atomic mass is 9.59. The highest BCUT2D eigenvalue weighted by molar-refractivity contribution is 6.29. The average molecular weight is 483 g/mol.